The molecule has 3 N–H and O–H groups in total. The van der Waals surface area contributed by atoms with Gasteiger partial charge in [0.15, 0.2) is 12.3 Å². The van der Waals surface area contributed by atoms with E-state index in [4.69, 9.17) is 4.74 Å². The van der Waals surface area contributed by atoms with Crippen LogP contribution in [0.25, 0.3) is 11.0 Å². The number of nitrogens with one attached hydrogen (secondary N) is 3. The summed E-state index contributed by atoms with van der Waals surface area (Å²) in [6, 6.07) is 5.36. The van der Waals surface area contributed by atoms with Gasteiger partial charge in [-0.1, -0.05) is 25.3 Å². The lowest BCUT2D eigenvalue weighted by molar-refractivity contribution is -0.118. The van der Waals surface area contributed by atoms with E-state index in [-0.39, 0.29) is 36.6 Å². The molecule has 1 saturated carbocycles. The number of H-pyrrole nitrogens is 1. The smallest absolute Gasteiger partial charge is 0.272 e. The zero-order valence-electron chi connectivity index (χ0n) is 19.9. The molecule has 36 heavy (non-hydrogen) atoms. The third-order valence-electron chi connectivity index (χ3n) is 7.62. The molecule has 3 amide bonds. The molecule has 2 fully saturated rings. The first-order valence-corrected chi connectivity index (χ1v) is 12.5. The molecule has 10 nitrogen and oxygen atoms in total. The number of aromatic nitrogens is 3. The quantitative estimate of drug-likeness (QED) is 0.518. The lowest BCUT2D eigenvalue weighted by Gasteiger charge is -2.41. The maximum atomic E-state index is 13.4. The maximum absolute atomic E-state index is 13.4. The number of carbonyl (C=O) groups excluding carboxylic acids is 3. The molecule has 2 aliphatic heterocycles. The number of piperidine rings is 1. The standard InChI is InChI=1S/C26H28N6O4/c33-21-13-36-20-6-5-15(9-19(20)31-21)10-28-25(34)24-23-22(29-14-30-24)18(11-27-23)26(35)32-8-7-16-3-1-2-4-17(16)12-32/h5-6,9,11,14,16-17,27H,1-4,7-8,10,12-13H2,(H,28,34)(H,31,33)/t16-,17-/m1/s1. The van der Waals surface area contributed by atoms with Crippen LogP contribution in [0.4, 0.5) is 5.69 Å². The highest BCUT2D eigenvalue weighted by molar-refractivity contribution is 6.10. The minimum absolute atomic E-state index is 0.00765. The lowest BCUT2D eigenvalue weighted by Crippen LogP contribution is -2.44. The predicted octanol–water partition coefficient (Wildman–Crippen LogP) is 2.87. The monoisotopic (exact) mass is 488 g/mol. The molecule has 186 valence electrons. The Kier molecular flexibility index (Phi) is 5.79. The molecule has 2 atom stereocenters. The molecule has 6 rings (SSSR count). The summed E-state index contributed by atoms with van der Waals surface area (Å²) >= 11 is 0. The summed E-state index contributed by atoms with van der Waals surface area (Å²) < 4.78 is 5.37. The minimum atomic E-state index is -0.385. The Morgan fingerprint density at radius 2 is 2.00 bits per heavy atom. The molecule has 0 bridgehead atoms. The van der Waals surface area contributed by atoms with E-state index in [0.29, 0.717) is 34.0 Å². The normalized spacial score (nSPS) is 21.2. The first-order chi connectivity index (χ1) is 17.6. The van der Waals surface area contributed by atoms with Gasteiger partial charge in [0.05, 0.1) is 16.8 Å². The minimum Gasteiger partial charge on any atom is -0.482 e. The van der Waals surface area contributed by atoms with Gasteiger partial charge in [0, 0.05) is 25.8 Å². The number of amides is 3. The summed E-state index contributed by atoms with van der Waals surface area (Å²) in [5.74, 6) is 1.27. The average molecular weight is 489 g/mol. The Hall–Kier alpha value is -3.95. The van der Waals surface area contributed by atoms with E-state index < -0.39 is 0 Å². The number of hydrogen-bond acceptors (Lipinski definition) is 6. The van der Waals surface area contributed by atoms with Gasteiger partial charge in [0.1, 0.15) is 17.6 Å². The Labute approximate surface area is 207 Å². The van der Waals surface area contributed by atoms with Crippen molar-refractivity contribution >= 4 is 34.4 Å². The number of carbonyl (C=O) groups is 3. The summed E-state index contributed by atoms with van der Waals surface area (Å²) in [6.07, 6.45) is 9.03. The second-order valence-corrected chi connectivity index (χ2v) is 9.84. The van der Waals surface area contributed by atoms with Gasteiger partial charge in [-0.25, -0.2) is 9.97 Å². The van der Waals surface area contributed by atoms with E-state index in [1.165, 1.54) is 32.0 Å². The van der Waals surface area contributed by atoms with Gasteiger partial charge in [-0.15, -0.1) is 0 Å². The SMILES string of the molecule is O=C1COc2ccc(CNC(=O)c3ncnc4c(C(=O)N5CC[C@H]6CCCC[C@@H]6C5)c[nH]c34)cc2N1. The van der Waals surface area contributed by atoms with Crippen molar-refractivity contribution in [3.8, 4) is 5.75 Å². The van der Waals surface area contributed by atoms with Gasteiger partial charge in [0.2, 0.25) is 0 Å². The van der Waals surface area contributed by atoms with Crippen LogP contribution in [-0.2, 0) is 11.3 Å². The molecular weight excluding hydrogens is 460 g/mol. The topological polar surface area (TPSA) is 129 Å². The molecule has 3 aliphatic rings. The number of rotatable bonds is 4. The highest BCUT2D eigenvalue weighted by Crippen LogP contribution is 2.36. The number of ether oxygens (including phenoxy) is 1. The molecular formula is C26H28N6O4. The van der Waals surface area contributed by atoms with E-state index in [2.05, 4.69) is 25.6 Å². The van der Waals surface area contributed by atoms with E-state index in [9.17, 15) is 14.4 Å². The predicted molar refractivity (Wildman–Crippen MR) is 132 cm³/mol. The van der Waals surface area contributed by atoms with Gasteiger partial charge in [-0.2, -0.15) is 0 Å². The highest BCUT2D eigenvalue weighted by Gasteiger charge is 2.34. The Morgan fingerprint density at radius 1 is 1.14 bits per heavy atom. The summed E-state index contributed by atoms with van der Waals surface area (Å²) in [7, 11) is 0. The van der Waals surface area contributed by atoms with Crippen molar-refractivity contribution in [1.29, 1.82) is 0 Å². The Bertz CT molecular complexity index is 1350. The third kappa shape index (κ3) is 4.16. The number of hydrogen-bond donors (Lipinski definition) is 3. The third-order valence-corrected chi connectivity index (χ3v) is 7.62. The number of likely N-dealkylation sites (tertiary alicyclic amines) is 1. The summed E-state index contributed by atoms with van der Waals surface area (Å²) in [4.78, 5) is 51.5. The first kappa shape index (κ1) is 22.5. The van der Waals surface area contributed by atoms with Crippen LogP contribution in [0.2, 0.25) is 0 Å². The fraction of sp³-hybridized carbons (Fsp3) is 0.423. The number of fused-ring (bicyclic) bond motifs is 3. The van der Waals surface area contributed by atoms with Crippen molar-refractivity contribution in [2.45, 2.75) is 38.6 Å². The van der Waals surface area contributed by atoms with Crippen molar-refractivity contribution in [3.05, 3.63) is 47.5 Å². The number of anilines is 1. The molecule has 1 aromatic carbocycles. The second kappa shape index (κ2) is 9.25. The summed E-state index contributed by atoms with van der Waals surface area (Å²) in [6.45, 7) is 1.78. The van der Waals surface area contributed by atoms with E-state index in [0.717, 1.165) is 31.0 Å². The molecule has 2 aromatic heterocycles. The van der Waals surface area contributed by atoms with Crippen LogP contribution in [0.3, 0.4) is 0 Å². The van der Waals surface area contributed by atoms with Crippen LogP contribution < -0.4 is 15.4 Å². The van der Waals surface area contributed by atoms with Crippen LogP contribution >= 0.6 is 0 Å². The Morgan fingerprint density at radius 3 is 2.89 bits per heavy atom. The molecule has 1 saturated heterocycles. The molecule has 3 aromatic rings. The zero-order valence-corrected chi connectivity index (χ0v) is 19.9. The first-order valence-electron chi connectivity index (χ1n) is 12.5. The van der Waals surface area contributed by atoms with Crippen LogP contribution in [0, 0.1) is 11.8 Å². The molecule has 0 unspecified atom stereocenters. The average Bonchev–Trinajstić information content (AvgIpc) is 3.35. The molecule has 0 spiro atoms. The summed E-state index contributed by atoms with van der Waals surface area (Å²) in [5.41, 5.74) is 2.93. The van der Waals surface area contributed by atoms with Crippen molar-refractivity contribution in [3.63, 3.8) is 0 Å². The van der Waals surface area contributed by atoms with Gasteiger partial charge in [-0.3, -0.25) is 14.4 Å². The van der Waals surface area contributed by atoms with Crippen LogP contribution in [0.1, 0.15) is 58.5 Å². The van der Waals surface area contributed by atoms with E-state index in [1.54, 1.807) is 18.3 Å². The molecule has 10 heteroatoms. The number of benzene rings is 1. The van der Waals surface area contributed by atoms with Crippen LogP contribution in [-0.4, -0.2) is 57.3 Å². The number of nitrogens with zero attached hydrogens (tertiary/aromatic N) is 3. The van der Waals surface area contributed by atoms with E-state index in [1.807, 2.05) is 11.0 Å². The fourth-order valence-electron chi connectivity index (χ4n) is 5.74. The van der Waals surface area contributed by atoms with Gasteiger partial charge in [0.25, 0.3) is 17.7 Å². The van der Waals surface area contributed by atoms with Crippen molar-refractivity contribution in [2.75, 3.05) is 25.0 Å². The van der Waals surface area contributed by atoms with Gasteiger partial charge < -0.3 is 25.3 Å². The zero-order chi connectivity index (χ0) is 24.6. The van der Waals surface area contributed by atoms with E-state index >= 15 is 0 Å². The maximum Gasteiger partial charge on any atom is 0.272 e. The van der Waals surface area contributed by atoms with Gasteiger partial charge >= 0.3 is 0 Å². The van der Waals surface area contributed by atoms with Crippen molar-refractivity contribution in [1.82, 2.24) is 25.2 Å². The van der Waals surface area contributed by atoms with Crippen molar-refractivity contribution in [2.24, 2.45) is 11.8 Å². The number of aromatic amines is 1. The van der Waals surface area contributed by atoms with Gasteiger partial charge in [-0.05, 0) is 42.4 Å². The lowest BCUT2D eigenvalue weighted by atomic mass is 9.75. The molecule has 0 radical (unpaired) electrons. The van der Waals surface area contributed by atoms with Crippen molar-refractivity contribution < 1.29 is 19.1 Å². The second-order valence-electron chi connectivity index (χ2n) is 9.84. The van der Waals surface area contributed by atoms with Crippen LogP contribution in [0.5, 0.6) is 5.75 Å². The fourth-order valence-corrected chi connectivity index (χ4v) is 5.74. The summed E-state index contributed by atoms with van der Waals surface area (Å²) in [5, 5.41) is 5.62. The van der Waals surface area contributed by atoms with Crippen LogP contribution in [0.15, 0.2) is 30.7 Å². The largest absolute Gasteiger partial charge is 0.482 e. The highest BCUT2D eigenvalue weighted by atomic mass is 16.5. The Balaban J connectivity index is 1.17. The molecule has 1 aliphatic carbocycles. The molecule has 4 heterocycles.